The van der Waals surface area contributed by atoms with Gasteiger partial charge in [0, 0.05) is 0 Å². The van der Waals surface area contributed by atoms with Crippen LogP contribution in [0.4, 0.5) is 0 Å². The van der Waals surface area contributed by atoms with E-state index in [9.17, 15) is 0 Å². The molecule has 0 aromatic heterocycles. The van der Waals surface area contributed by atoms with Crippen molar-refractivity contribution in [2.24, 2.45) is 0 Å². The van der Waals surface area contributed by atoms with Crippen LogP contribution >= 0.6 is 0 Å². The molecule has 310 valence electrons. The van der Waals surface area contributed by atoms with Crippen molar-refractivity contribution in [2.45, 2.75) is 0 Å². The standard InChI is InChI=1S/5C12H10Ge/c5*1-3-7-11(8-4-1)13-12-9-5-2-6-10-12/h5*1-10H. The van der Waals surface area contributed by atoms with Gasteiger partial charge < -0.3 is 0 Å². The Kier molecular flexibility index (Phi) is 23.5. The van der Waals surface area contributed by atoms with Crippen molar-refractivity contribution in [3.8, 4) is 0 Å². The summed E-state index contributed by atoms with van der Waals surface area (Å²) in [6.45, 7) is 0. The summed E-state index contributed by atoms with van der Waals surface area (Å²) in [7, 11) is 0. The first-order chi connectivity index (χ1) is 32.2. The Labute approximate surface area is 420 Å². The molecular formula is C60H50Ge5. The normalized spacial score (nSPS) is 9.85. The molecular weight excluding hydrogens is 1080 g/mol. The third kappa shape index (κ3) is 21.2. The van der Waals surface area contributed by atoms with E-state index >= 15 is 0 Å². The number of rotatable bonds is 10. The van der Waals surface area contributed by atoms with Gasteiger partial charge in [0.05, 0.1) is 0 Å². The van der Waals surface area contributed by atoms with E-state index in [1.54, 1.807) is 0 Å². The van der Waals surface area contributed by atoms with Crippen molar-refractivity contribution in [3.63, 3.8) is 0 Å². The summed E-state index contributed by atoms with van der Waals surface area (Å²) in [5.74, 6) is 0. The molecule has 65 heavy (non-hydrogen) atoms. The van der Waals surface area contributed by atoms with Gasteiger partial charge in [-0.25, -0.2) is 0 Å². The molecule has 5 heteroatoms. The van der Waals surface area contributed by atoms with Gasteiger partial charge in [-0.1, -0.05) is 0 Å². The summed E-state index contributed by atoms with van der Waals surface area (Å²) in [6, 6.07) is 107. The predicted octanol–water partition coefficient (Wildman–Crippen LogP) is 6.71. The maximum absolute atomic E-state index is 2.22. The summed E-state index contributed by atoms with van der Waals surface area (Å²) >= 11 is -0.539. The molecule has 0 aliphatic rings. The number of hydrogen-bond donors (Lipinski definition) is 0. The molecule has 10 radical (unpaired) electrons. The van der Waals surface area contributed by atoms with E-state index in [4.69, 9.17) is 0 Å². The molecule has 0 heterocycles. The summed E-state index contributed by atoms with van der Waals surface area (Å²) < 4.78 is 14.9. The average molecular weight is 1130 g/mol. The molecule has 10 aromatic rings. The van der Waals surface area contributed by atoms with Crippen LogP contribution in [0.1, 0.15) is 0 Å². The van der Waals surface area contributed by atoms with E-state index in [1.807, 2.05) is 0 Å². The molecule has 0 aliphatic heterocycles. The molecule has 0 amide bonds. The van der Waals surface area contributed by atoms with Crippen LogP contribution in [0.5, 0.6) is 0 Å². The monoisotopic (exact) mass is 1140 g/mol. The fourth-order valence-corrected chi connectivity index (χ4v) is 17.1. The zero-order valence-electron chi connectivity index (χ0n) is 36.4. The van der Waals surface area contributed by atoms with Crippen LogP contribution in [0, 0.1) is 0 Å². The Balaban J connectivity index is 0.000000135. The maximum atomic E-state index is 2.22. The van der Waals surface area contributed by atoms with E-state index < -0.39 is 0 Å². The van der Waals surface area contributed by atoms with E-state index in [0.717, 1.165) is 0 Å². The molecule has 0 fully saturated rings. The zero-order valence-corrected chi connectivity index (χ0v) is 46.9. The molecule has 10 rings (SSSR count). The van der Waals surface area contributed by atoms with Crippen LogP contribution in [-0.2, 0) is 0 Å². The van der Waals surface area contributed by atoms with Crippen LogP contribution in [0.25, 0.3) is 0 Å². The average Bonchev–Trinajstić information content (AvgIpc) is 3.38. The van der Waals surface area contributed by atoms with Gasteiger partial charge in [-0.2, -0.15) is 0 Å². The summed E-state index contributed by atoms with van der Waals surface area (Å²) in [4.78, 5) is 0. The Hall–Kier alpha value is -5.09. The first-order valence-corrected chi connectivity index (χ1v) is 32.1. The second-order valence-corrected chi connectivity index (χ2v) is 29.0. The van der Waals surface area contributed by atoms with Gasteiger partial charge in [-0.15, -0.1) is 0 Å². The van der Waals surface area contributed by atoms with Crippen LogP contribution in [-0.4, -0.2) is 77.2 Å². The van der Waals surface area contributed by atoms with Crippen molar-refractivity contribution < 1.29 is 0 Å². The first kappa shape index (κ1) is 49.4. The second kappa shape index (κ2) is 30.9. The fourth-order valence-electron chi connectivity index (χ4n) is 6.05. The van der Waals surface area contributed by atoms with E-state index in [0.29, 0.717) is 0 Å². The Morgan fingerprint density at radius 3 is 0.262 bits per heavy atom. The first-order valence-electron chi connectivity index (χ1n) is 21.6. The van der Waals surface area contributed by atoms with E-state index in [1.165, 1.54) is 44.0 Å². The van der Waals surface area contributed by atoms with Crippen molar-refractivity contribution in [1.82, 2.24) is 0 Å². The molecule has 0 bridgehead atoms. The Morgan fingerprint density at radius 2 is 0.185 bits per heavy atom. The molecule has 0 atom stereocenters. The Bertz CT molecular complexity index is 2030. The molecule has 0 aliphatic carbocycles. The van der Waals surface area contributed by atoms with Crippen LogP contribution < -0.4 is 44.0 Å². The summed E-state index contributed by atoms with van der Waals surface area (Å²) in [5, 5.41) is 0. The molecule has 10 aromatic carbocycles. The summed E-state index contributed by atoms with van der Waals surface area (Å²) in [6.07, 6.45) is 0. The predicted molar refractivity (Wildman–Crippen MR) is 290 cm³/mol. The third-order valence-electron chi connectivity index (χ3n) is 9.18. The van der Waals surface area contributed by atoms with Gasteiger partial charge in [-0.3, -0.25) is 0 Å². The third-order valence-corrected chi connectivity index (χ3v) is 22.2. The Morgan fingerprint density at radius 1 is 0.108 bits per heavy atom. The zero-order chi connectivity index (χ0) is 44.7. The minimum absolute atomic E-state index is 0.108. The van der Waals surface area contributed by atoms with Crippen LogP contribution in [0.2, 0.25) is 0 Å². The van der Waals surface area contributed by atoms with Gasteiger partial charge >= 0.3 is 424 Å². The quantitative estimate of drug-likeness (QED) is 0.134. The molecule has 0 unspecified atom stereocenters. The summed E-state index contributed by atoms with van der Waals surface area (Å²) in [5.41, 5.74) is 0. The van der Waals surface area contributed by atoms with Gasteiger partial charge in [0.1, 0.15) is 0 Å². The van der Waals surface area contributed by atoms with Gasteiger partial charge in [0.25, 0.3) is 0 Å². The fraction of sp³-hybridized carbons (Fsp3) is 0. The van der Waals surface area contributed by atoms with Crippen molar-refractivity contribution in [1.29, 1.82) is 0 Å². The molecule has 0 spiro atoms. The SMILES string of the molecule is c1cc[c]([Ge][c]2ccccc2)cc1.c1cc[c]([Ge][c]2ccccc2)cc1.c1cc[c]([Ge][c]2ccccc2)cc1.c1cc[c]([Ge][c]2ccccc2)cc1.c1cc[c]([Ge][c]2ccccc2)cc1. The van der Waals surface area contributed by atoms with Crippen molar-refractivity contribution in [2.75, 3.05) is 0 Å². The second-order valence-electron chi connectivity index (χ2n) is 14.3. The molecule has 0 N–H and O–H groups in total. The topological polar surface area (TPSA) is 0 Å². The van der Waals surface area contributed by atoms with Crippen molar-refractivity contribution in [3.05, 3.63) is 303 Å². The van der Waals surface area contributed by atoms with Crippen LogP contribution in [0.15, 0.2) is 303 Å². The molecule has 0 saturated carbocycles. The van der Waals surface area contributed by atoms with Gasteiger partial charge in [0.2, 0.25) is 0 Å². The van der Waals surface area contributed by atoms with Crippen LogP contribution in [0.3, 0.4) is 0 Å². The molecule has 0 saturated heterocycles. The van der Waals surface area contributed by atoms with Crippen molar-refractivity contribution >= 4 is 121 Å². The number of benzene rings is 10. The number of hydrogen-bond acceptors (Lipinski definition) is 0. The molecule has 0 nitrogen and oxygen atoms in total. The van der Waals surface area contributed by atoms with E-state index in [-0.39, 0.29) is 77.2 Å². The van der Waals surface area contributed by atoms with E-state index in [2.05, 4.69) is 303 Å². The van der Waals surface area contributed by atoms with Gasteiger partial charge in [0.15, 0.2) is 0 Å². The minimum atomic E-state index is -0.108. The van der Waals surface area contributed by atoms with Gasteiger partial charge in [-0.05, 0) is 0 Å².